The first-order valence-corrected chi connectivity index (χ1v) is 8.99. The van der Waals surface area contributed by atoms with Crippen molar-refractivity contribution < 1.29 is 9.53 Å². The molecule has 0 radical (unpaired) electrons. The molecule has 1 aliphatic heterocycles. The van der Waals surface area contributed by atoms with Gasteiger partial charge in [-0.05, 0) is 32.5 Å². The van der Waals surface area contributed by atoms with Crippen molar-refractivity contribution in [3.8, 4) is 0 Å². The summed E-state index contributed by atoms with van der Waals surface area (Å²) in [6.07, 6.45) is 1.48. The monoisotopic (exact) mass is 333 g/mol. The highest BCUT2D eigenvalue weighted by molar-refractivity contribution is 5.76. The molecule has 0 aliphatic carbocycles. The summed E-state index contributed by atoms with van der Waals surface area (Å²) in [5.41, 5.74) is 1.19. The van der Waals surface area contributed by atoms with Crippen LogP contribution in [0.25, 0.3) is 0 Å². The molecule has 0 spiro atoms. The molecule has 1 heterocycles. The summed E-state index contributed by atoms with van der Waals surface area (Å²) in [6, 6.07) is 10.5. The van der Waals surface area contributed by atoms with Crippen molar-refractivity contribution in [2.24, 2.45) is 0 Å². The Bertz CT molecular complexity index is 475. The molecule has 1 atom stereocenters. The highest BCUT2D eigenvalue weighted by atomic mass is 16.5. The topological polar surface area (TPSA) is 44.8 Å². The number of benzene rings is 1. The van der Waals surface area contributed by atoms with Gasteiger partial charge in [0.25, 0.3) is 0 Å². The number of hydrogen-bond donors (Lipinski definition) is 1. The smallest absolute Gasteiger partial charge is 0.223 e. The Labute approximate surface area is 146 Å². The van der Waals surface area contributed by atoms with E-state index in [1.807, 2.05) is 30.1 Å². The zero-order valence-corrected chi connectivity index (χ0v) is 15.0. The molecule has 1 aromatic rings. The van der Waals surface area contributed by atoms with Crippen molar-refractivity contribution in [1.29, 1.82) is 0 Å². The van der Waals surface area contributed by atoms with Gasteiger partial charge in [0.1, 0.15) is 0 Å². The Kier molecular flexibility index (Phi) is 8.22. The molecule has 0 aromatic heterocycles. The van der Waals surface area contributed by atoms with Crippen LogP contribution in [0.1, 0.15) is 25.3 Å². The molecule has 1 aromatic carbocycles. The second kappa shape index (κ2) is 10.4. The summed E-state index contributed by atoms with van der Waals surface area (Å²) < 4.78 is 5.42. The van der Waals surface area contributed by atoms with E-state index in [1.165, 1.54) is 5.56 Å². The van der Waals surface area contributed by atoms with E-state index in [4.69, 9.17) is 4.74 Å². The second-order valence-corrected chi connectivity index (χ2v) is 6.48. The lowest BCUT2D eigenvalue weighted by Crippen LogP contribution is -2.48. The van der Waals surface area contributed by atoms with Crippen LogP contribution in [-0.4, -0.2) is 68.2 Å². The third-order valence-corrected chi connectivity index (χ3v) is 4.49. The Morgan fingerprint density at radius 3 is 2.67 bits per heavy atom. The van der Waals surface area contributed by atoms with Crippen LogP contribution in [0.15, 0.2) is 30.3 Å². The fraction of sp³-hybridized carbons (Fsp3) is 0.632. The van der Waals surface area contributed by atoms with Crippen molar-refractivity contribution >= 4 is 5.91 Å². The normalized spacial score (nSPS) is 16.8. The number of hydrogen-bond acceptors (Lipinski definition) is 4. The van der Waals surface area contributed by atoms with Crippen LogP contribution in [0, 0.1) is 0 Å². The highest BCUT2D eigenvalue weighted by Crippen LogP contribution is 2.13. The summed E-state index contributed by atoms with van der Waals surface area (Å²) in [5.74, 6) is 0.245. The molecule has 5 nitrogen and oxygen atoms in total. The molecule has 134 valence electrons. The number of carbonyl (C=O) groups excluding carboxylic acids is 1. The Balaban J connectivity index is 1.98. The van der Waals surface area contributed by atoms with Gasteiger partial charge in [0.15, 0.2) is 0 Å². The van der Waals surface area contributed by atoms with Gasteiger partial charge >= 0.3 is 0 Å². The maximum atomic E-state index is 12.8. The predicted molar refractivity (Wildman–Crippen MR) is 96.9 cm³/mol. The number of ether oxygens (including phenoxy) is 1. The zero-order chi connectivity index (χ0) is 17.2. The average Bonchev–Trinajstić information content (AvgIpc) is 2.61. The number of nitrogens with zero attached hydrogens (tertiary/aromatic N) is 2. The summed E-state index contributed by atoms with van der Waals surface area (Å²) in [5, 5.41) is 3.11. The number of morpholine rings is 1. The van der Waals surface area contributed by atoms with Crippen molar-refractivity contribution in [3.05, 3.63) is 35.9 Å². The van der Waals surface area contributed by atoms with E-state index in [0.29, 0.717) is 13.0 Å². The Morgan fingerprint density at radius 2 is 2.00 bits per heavy atom. The molecule has 1 unspecified atom stereocenters. The lowest BCUT2D eigenvalue weighted by molar-refractivity contribution is -0.134. The molecule has 0 bridgehead atoms. The quantitative estimate of drug-likeness (QED) is 0.699. The van der Waals surface area contributed by atoms with Gasteiger partial charge in [-0.1, -0.05) is 30.3 Å². The minimum atomic E-state index is 0.199. The van der Waals surface area contributed by atoms with Crippen LogP contribution < -0.4 is 5.32 Å². The predicted octanol–water partition coefficient (Wildman–Crippen LogP) is 1.74. The molecule has 24 heavy (non-hydrogen) atoms. The zero-order valence-electron chi connectivity index (χ0n) is 15.0. The van der Waals surface area contributed by atoms with E-state index >= 15 is 0 Å². The van der Waals surface area contributed by atoms with Crippen LogP contribution in [0.2, 0.25) is 0 Å². The van der Waals surface area contributed by atoms with Gasteiger partial charge in [0, 0.05) is 38.6 Å². The average molecular weight is 333 g/mol. The van der Waals surface area contributed by atoms with Gasteiger partial charge in [0.05, 0.1) is 13.2 Å². The van der Waals surface area contributed by atoms with Crippen LogP contribution in [0.3, 0.4) is 0 Å². The van der Waals surface area contributed by atoms with E-state index in [9.17, 15) is 4.79 Å². The number of amides is 1. The highest BCUT2D eigenvalue weighted by Gasteiger charge is 2.23. The number of carbonyl (C=O) groups is 1. The fourth-order valence-electron chi connectivity index (χ4n) is 3.09. The third-order valence-electron chi connectivity index (χ3n) is 4.49. The molecule has 2 rings (SSSR count). The number of rotatable bonds is 9. The van der Waals surface area contributed by atoms with Crippen LogP contribution in [-0.2, 0) is 16.1 Å². The van der Waals surface area contributed by atoms with E-state index in [1.54, 1.807) is 0 Å². The standard InChI is InChI=1S/C19H31N3O2/c1-17(15-21-11-13-24-14-12-21)22(19(23)9-6-10-20-2)16-18-7-4-3-5-8-18/h3-5,7-8,17,20H,6,9-16H2,1-2H3. The first-order chi connectivity index (χ1) is 11.7. The maximum absolute atomic E-state index is 12.8. The third kappa shape index (κ3) is 6.23. The molecular weight excluding hydrogens is 302 g/mol. The largest absolute Gasteiger partial charge is 0.379 e. The minimum absolute atomic E-state index is 0.199. The van der Waals surface area contributed by atoms with Crippen molar-refractivity contribution in [1.82, 2.24) is 15.1 Å². The molecule has 1 saturated heterocycles. The molecule has 5 heteroatoms. The molecular formula is C19H31N3O2. The van der Waals surface area contributed by atoms with Gasteiger partial charge in [0.2, 0.25) is 5.91 Å². The van der Waals surface area contributed by atoms with Crippen LogP contribution >= 0.6 is 0 Å². The van der Waals surface area contributed by atoms with Gasteiger partial charge in [-0.15, -0.1) is 0 Å². The van der Waals surface area contributed by atoms with E-state index in [2.05, 4.69) is 29.3 Å². The summed E-state index contributed by atoms with van der Waals surface area (Å²) in [6.45, 7) is 8.13. The van der Waals surface area contributed by atoms with E-state index in [-0.39, 0.29) is 11.9 Å². The van der Waals surface area contributed by atoms with E-state index < -0.39 is 0 Å². The van der Waals surface area contributed by atoms with Gasteiger partial charge in [-0.25, -0.2) is 0 Å². The lowest BCUT2D eigenvalue weighted by atomic mass is 10.1. The van der Waals surface area contributed by atoms with Crippen LogP contribution in [0.4, 0.5) is 0 Å². The Hall–Kier alpha value is -1.43. The van der Waals surface area contributed by atoms with Gasteiger partial charge in [-0.2, -0.15) is 0 Å². The maximum Gasteiger partial charge on any atom is 0.223 e. The molecule has 1 N–H and O–H groups in total. The summed E-state index contributed by atoms with van der Waals surface area (Å²) in [4.78, 5) is 17.2. The lowest BCUT2D eigenvalue weighted by Gasteiger charge is -2.35. The second-order valence-electron chi connectivity index (χ2n) is 6.48. The Morgan fingerprint density at radius 1 is 1.29 bits per heavy atom. The molecule has 1 amide bonds. The van der Waals surface area contributed by atoms with Crippen molar-refractivity contribution in [2.75, 3.05) is 46.4 Å². The molecule has 0 saturated carbocycles. The van der Waals surface area contributed by atoms with Gasteiger partial charge < -0.3 is 15.0 Å². The van der Waals surface area contributed by atoms with Crippen molar-refractivity contribution in [3.63, 3.8) is 0 Å². The summed E-state index contributed by atoms with van der Waals surface area (Å²) in [7, 11) is 1.92. The first-order valence-electron chi connectivity index (χ1n) is 8.99. The minimum Gasteiger partial charge on any atom is -0.379 e. The van der Waals surface area contributed by atoms with Gasteiger partial charge in [-0.3, -0.25) is 9.69 Å². The molecule has 1 aliphatic rings. The van der Waals surface area contributed by atoms with E-state index in [0.717, 1.165) is 45.8 Å². The molecule has 1 fully saturated rings. The fourth-order valence-corrected chi connectivity index (χ4v) is 3.09. The first kappa shape index (κ1) is 18.9. The van der Waals surface area contributed by atoms with Crippen LogP contribution in [0.5, 0.6) is 0 Å². The summed E-state index contributed by atoms with van der Waals surface area (Å²) >= 11 is 0. The number of nitrogens with one attached hydrogen (secondary N) is 1. The SMILES string of the molecule is CNCCCC(=O)N(Cc1ccccc1)C(C)CN1CCOCC1. The van der Waals surface area contributed by atoms with Crippen molar-refractivity contribution in [2.45, 2.75) is 32.4 Å².